The number of rotatable bonds is 4. The van der Waals surface area contributed by atoms with Crippen molar-refractivity contribution in [1.29, 1.82) is 0 Å². The van der Waals surface area contributed by atoms with Crippen LogP contribution in [0.2, 0.25) is 5.02 Å². The Morgan fingerprint density at radius 3 is 2.67 bits per heavy atom. The number of carbonyl (C=O) groups excluding carboxylic acids is 1. The van der Waals surface area contributed by atoms with Crippen LogP contribution in [0.5, 0.6) is 0 Å². The number of esters is 1. The van der Waals surface area contributed by atoms with Gasteiger partial charge in [0.15, 0.2) is 0 Å². The van der Waals surface area contributed by atoms with E-state index in [4.69, 9.17) is 16.3 Å². The first-order valence-corrected chi connectivity index (χ1v) is 7.26. The molecule has 21 heavy (non-hydrogen) atoms. The molecule has 1 aliphatic heterocycles. The second-order valence-electron chi connectivity index (χ2n) is 4.91. The molecule has 0 bridgehead atoms. The Kier molecular flexibility index (Phi) is 5.01. The van der Waals surface area contributed by atoms with Crippen molar-refractivity contribution >= 4 is 28.9 Å². The second kappa shape index (κ2) is 6.76. The van der Waals surface area contributed by atoms with E-state index < -0.39 is 4.92 Å². The van der Waals surface area contributed by atoms with Crippen molar-refractivity contribution in [2.45, 2.75) is 19.8 Å². The second-order valence-corrected chi connectivity index (χ2v) is 5.31. The maximum Gasteiger partial charge on any atom is 0.309 e. The van der Waals surface area contributed by atoms with E-state index >= 15 is 0 Å². The first-order chi connectivity index (χ1) is 10.0. The minimum Gasteiger partial charge on any atom is -0.466 e. The Morgan fingerprint density at radius 1 is 1.48 bits per heavy atom. The van der Waals surface area contributed by atoms with Crippen molar-refractivity contribution in [3.8, 4) is 0 Å². The summed E-state index contributed by atoms with van der Waals surface area (Å²) in [5.41, 5.74) is 0.745. The van der Waals surface area contributed by atoms with Crippen LogP contribution in [0.15, 0.2) is 18.2 Å². The summed E-state index contributed by atoms with van der Waals surface area (Å²) in [6.07, 6.45) is 1.40. The Hall–Kier alpha value is -1.82. The maximum absolute atomic E-state index is 11.7. The Labute approximate surface area is 127 Å². The molecule has 6 nitrogen and oxygen atoms in total. The van der Waals surface area contributed by atoms with Crippen LogP contribution in [0, 0.1) is 16.0 Å². The maximum atomic E-state index is 11.7. The molecule has 1 fully saturated rings. The van der Waals surface area contributed by atoms with Gasteiger partial charge in [-0.3, -0.25) is 14.9 Å². The van der Waals surface area contributed by atoms with Gasteiger partial charge in [-0.05, 0) is 25.8 Å². The molecule has 0 aromatic heterocycles. The lowest BCUT2D eigenvalue weighted by Crippen LogP contribution is -2.37. The highest BCUT2D eigenvalue weighted by Crippen LogP contribution is 2.32. The average Bonchev–Trinajstić information content (AvgIpc) is 2.47. The molecule has 2 rings (SSSR count). The Balaban J connectivity index is 2.02. The van der Waals surface area contributed by atoms with Crippen LogP contribution in [0.25, 0.3) is 0 Å². The molecular formula is C14H17ClN2O4. The molecule has 0 saturated carbocycles. The topological polar surface area (TPSA) is 72.7 Å². The van der Waals surface area contributed by atoms with Crippen molar-refractivity contribution < 1.29 is 14.5 Å². The van der Waals surface area contributed by atoms with Crippen molar-refractivity contribution in [2.24, 2.45) is 5.92 Å². The summed E-state index contributed by atoms with van der Waals surface area (Å²) in [7, 11) is 0. The van der Waals surface area contributed by atoms with Crippen LogP contribution in [-0.4, -0.2) is 30.6 Å². The molecule has 7 heteroatoms. The average molecular weight is 313 g/mol. The highest BCUT2D eigenvalue weighted by Gasteiger charge is 2.27. The molecule has 1 aromatic carbocycles. The van der Waals surface area contributed by atoms with Gasteiger partial charge in [0.05, 0.1) is 28.2 Å². The number of nitro benzene ring substituents is 1. The van der Waals surface area contributed by atoms with E-state index in [1.807, 2.05) is 4.90 Å². The third-order valence-corrected chi connectivity index (χ3v) is 3.90. The summed E-state index contributed by atoms with van der Waals surface area (Å²) < 4.78 is 5.03. The van der Waals surface area contributed by atoms with Gasteiger partial charge in [-0.25, -0.2) is 0 Å². The Morgan fingerprint density at radius 2 is 2.14 bits per heavy atom. The SMILES string of the molecule is CCOC(=O)C1CCN(c2ccc([N+](=O)[O-])cc2Cl)CC1. The molecule has 0 unspecified atom stereocenters. The van der Waals surface area contributed by atoms with Gasteiger partial charge < -0.3 is 9.64 Å². The number of piperidine rings is 1. The van der Waals surface area contributed by atoms with Gasteiger partial charge in [-0.2, -0.15) is 0 Å². The molecule has 1 aromatic rings. The molecule has 114 valence electrons. The number of hydrogen-bond donors (Lipinski definition) is 0. The molecule has 1 aliphatic rings. The van der Waals surface area contributed by atoms with Crippen molar-refractivity contribution in [2.75, 3.05) is 24.6 Å². The van der Waals surface area contributed by atoms with Gasteiger partial charge in [0.1, 0.15) is 0 Å². The van der Waals surface area contributed by atoms with E-state index in [0.717, 1.165) is 5.69 Å². The number of ether oxygens (including phenoxy) is 1. The minimum absolute atomic E-state index is 0.0230. The van der Waals surface area contributed by atoms with E-state index in [1.165, 1.54) is 12.1 Å². The number of hydrogen-bond acceptors (Lipinski definition) is 5. The summed E-state index contributed by atoms with van der Waals surface area (Å²) in [5, 5.41) is 11.1. The van der Waals surface area contributed by atoms with Gasteiger partial charge in [-0.15, -0.1) is 0 Å². The predicted molar refractivity (Wildman–Crippen MR) is 79.7 cm³/mol. The van der Waals surface area contributed by atoms with Gasteiger partial charge in [-0.1, -0.05) is 11.6 Å². The molecule has 0 aliphatic carbocycles. The standard InChI is InChI=1S/C14H17ClN2O4/c1-2-21-14(18)10-5-7-16(8-6-10)13-4-3-11(17(19)20)9-12(13)15/h3-4,9-10H,2,5-8H2,1H3. The summed E-state index contributed by atoms with van der Waals surface area (Å²) in [6, 6.07) is 4.46. The third-order valence-electron chi connectivity index (χ3n) is 3.60. The summed E-state index contributed by atoms with van der Waals surface area (Å²) in [4.78, 5) is 24.0. The van der Waals surface area contributed by atoms with Crippen LogP contribution in [0.4, 0.5) is 11.4 Å². The van der Waals surface area contributed by atoms with Gasteiger partial charge >= 0.3 is 5.97 Å². The first kappa shape index (κ1) is 15.6. The zero-order chi connectivity index (χ0) is 15.4. The molecule has 1 heterocycles. The highest BCUT2D eigenvalue weighted by atomic mass is 35.5. The lowest BCUT2D eigenvalue weighted by Gasteiger charge is -2.33. The van der Waals surface area contributed by atoms with E-state index in [-0.39, 0.29) is 17.6 Å². The van der Waals surface area contributed by atoms with Gasteiger partial charge in [0, 0.05) is 25.2 Å². The molecule has 0 N–H and O–H groups in total. The first-order valence-electron chi connectivity index (χ1n) is 6.88. The predicted octanol–water partition coefficient (Wildman–Crippen LogP) is 3.03. The number of non-ortho nitro benzene ring substituents is 1. The quantitative estimate of drug-likeness (QED) is 0.485. The highest BCUT2D eigenvalue weighted by molar-refractivity contribution is 6.33. The molecule has 0 spiro atoms. The molecular weight excluding hydrogens is 296 g/mol. The zero-order valence-corrected chi connectivity index (χ0v) is 12.5. The van der Waals surface area contributed by atoms with Gasteiger partial charge in [0.25, 0.3) is 5.69 Å². The molecule has 0 amide bonds. The summed E-state index contributed by atoms with van der Waals surface area (Å²) >= 11 is 6.12. The molecule has 1 saturated heterocycles. The molecule has 0 atom stereocenters. The number of nitrogens with zero attached hydrogens (tertiary/aromatic N) is 2. The smallest absolute Gasteiger partial charge is 0.309 e. The van der Waals surface area contributed by atoms with Crippen LogP contribution in [0.1, 0.15) is 19.8 Å². The van der Waals surface area contributed by atoms with E-state index in [1.54, 1.807) is 13.0 Å². The normalized spacial score (nSPS) is 15.8. The summed E-state index contributed by atoms with van der Waals surface area (Å²) in [5.74, 6) is -0.218. The van der Waals surface area contributed by atoms with Crippen molar-refractivity contribution in [3.05, 3.63) is 33.3 Å². The fourth-order valence-electron chi connectivity index (χ4n) is 2.48. The van der Waals surface area contributed by atoms with Crippen LogP contribution < -0.4 is 4.90 Å². The van der Waals surface area contributed by atoms with Crippen molar-refractivity contribution in [3.63, 3.8) is 0 Å². The zero-order valence-electron chi connectivity index (χ0n) is 11.8. The number of benzene rings is 1. The lowest BCUT2D eigenvalue weighted by atomic mass is 9.96. The van der Waals surface area contributed by atoms with E-state index in [2.05, 4.69) is 0 Å². The fourth-order valence-corrected chi connectivity index (χ4v) is 2.78. The number of carbonyl (C=O) groups is 1. The van der Waals surface area contributed by atoms with Crippen LogP contribution in [0.3, 0.4) is 0 Å². The van der Waals surface area contributed by atoms with Gasteiger partial charge in [0.2, 0.25) is 0 Å². The van der Waals surface area contributed by atoms with Crippen LogP contribution in [-0.2, 0) is 9.53 Å². The minimum atomic E-state index is -0.470. The monoisotopic (exact) mass is 312 g/mol. The van der Waals surface area contributed by atoms with E-state index in [0.29, 0.717) is 37.6 Å². The van der Waals surface area contributed by atoms with Crippen LogP contribution >= 0.6 is 11.6 Å². The molecule has 0 radical (unpaired) electrons. The number of nitro groups is 1. The number of anilines is 1. The summed E-state index contributed by atoms with van der Waals surface area (Å²) in [6.45, 7) is 3.55. The third kappa shape index (κ3) is 3.64. The lowest BCUT2D eigenvalue weighted by molar-refractivity contribution is -0.384. The largest absolute Gasteiger partial charge is 0.466 e. The Bertz CT molecular complexity index is 542. The fraction of sp³-hybridized carbons (Fsp3) is 0.500. The number of halogens is 1. The van der Waals surface area contributed by atoms with Crippen molar-refractivity contribution in [1.82, 2.24) is 0 Å². The van der Waals surface area contributed by atoms with E-state index in [9.17, 15) is 14.9 Å².